The highest BCUT2D eigenvalue weighted by Gasteiger charge is 2.28. The number of carbonyl (C=O) groups is 4. The first-order chi connectivity index (χ1) is 21.0. The van der Waals surface area contributed by atoms with Crippen molar-refractivity contribution in [3.8, 4) is 56.0 Å². The van der Waals surface area contributed by atoms with E-state index in [9.17, 15) is 49.8 Å². The SMILES string of the molecule is O=C(O)c1ccc(-c2c(O)c(O)c(-c3ccc(C(=O)O)cc3)c(-c3ccc(C(=O)O)cc3)c2-c2ccc(C(=O)O)cc2)cc1. The van der Waals surface area contributed by atoms with Crippen molar-refractivity contribution < 1.29 is 49.8 Å². The lowest BCUT2D eigenvalue weighted by Gasteiger charge is -2.23. The number of phenols is 2. The third-order valence-electron chi connectivity index (χ3n) is 7.13. The summed E-state index contributed by atoms with van der Waals surface area (Å²) in [5.74, 6) is -5.83. The fraction of sp³-hybridized carbons (Fsp3) is 0. The fourth-order valence-electron chi connectivity index (χ4n) is 4.98. The Hall–Kier alpha value is -6.42. The second-order valence-corrected chi connectivity index (χ2v) is 9.73. The number of aromatic hydroxyl groups is 2. The summed E-state index contributed by atoms with van der Waals surface area (Å²) in [5, 5.41) is 60.9. The molecule has 5 aromatic rings. The standard InChI is InChI=1S/C34H22O10/c35-29-27(19-5-13-23(14-6-19)33(41)42)25(17-1-9-21(10-2-17)31(37)38)26(18-3-11-22(12-4-18)32(39)40)28(30(29)36)20-7-15-24(16-8-20)34(43)44/h1-16,35-36H,(H,37,38)(H,39,40)(H,41,42)(H,43,44). The van der Waals surface area contributed by atoms with Gasteiger partial charge < -0.3 is 30.6 Å². The van der Waals surface area contributed by atoms with Crippen molar-refractivity contribution in [1.29, 1.82) is 0 Å². The van der Waals surface area contributed by atoms with Crippen LogP contribution in [-0.2, 0) is 0 Å². The van der Waals surface area contributed by atoms with Crippen LogP contribution in [0, 0.1) is 0 Å². The largest absolute Gasteiger partial charge is 0.504 e. The van der Waals surface area contributed by atoms with Gasteiger partial charge in [0.15, 0.2) is 11.5 Å². The number of aromatic carboxylic acids is 4. The molecule has 5 rings (SSSR count). The van der Waals surface area contributed by atoms with Gasteiger partial charge in [0, 0.05) is 22.3 Å². The van der Waals surface area contributed by atoms with Gasteiger partial charge in [0.25, 0.3) is 0 Å². The molecule has 0 radical (unpaired) electrons. The molecule has 0 amide bonds. The van der Waals surface area contributed by atoms with E-state index in [-0.39, 0.29) is 33.4 Å². The highest BCUT2D eigenvalue weighted by Crippen LogP contribution is 2.55. The van der Waals surface area contributed by atoms with E-state index in [0.29, 0.717) is 33.4 Å². The predicted octanol–water partition coefficient (Wildman–Crippen LogP) is 6.56. The Kier molecular flexibility index (Phi) is 7.57. The first-order valence-corrected chi connectivity index (χ1v) is 12.9. The van der Waals surface area contributed by atoms with Crippen LogP contribution in [-0.4, -0.2) is 54.5 Å². The zero-order valence-electron chi connectivity index (χ0n) is 22.6. The van der Waals surface area contributed by atoms with Crippen molar-refractivity contribution in [2.75, 3.05) is 0 Å². The molecule has 0 unspecified atom stereocenters. The fourth-order valence-corrected chi connectivity index (χ4v) is 4.98. The minimum absolute atomic E-state index is 0.0130. The molecule has 0 aliphatic carbocycles. The third kappa shape index (κ3) is 5.30. The molecule has 218 valence electrons. The van der Waals surface area contributed by atoms with Gasteiger partial charge in [-0.2, -0.15) is 0 Å². The number of benzene rings is 5. The lowest BCUT2D eigenvalue weighted by molar-refractivity contribution is 0.0686. The molecule has 10 heteroatoms. The highest BCUT2D eigenvalue weighted by molar-refractivity contribution is 6.07. The summed E-state index contributed by atoms with van der Waals surface area (Å²) >= 11 is 0. The smallest absolute Gasteiger partial charge is 0.335 e. The summed E-state index contributed by atoms with van der Waals surface area (Å²) in [7, 11) is 0. The maximum absolute atomic E-state index is 11.6. The Morgan fingerprint density at radius 3 is 0.682 bits per heavy atom. The van der Waals surface area contributed by atoms with Gasteiger partial charge in [-0.25, -0.2) is 19.2 Å². The Labute approximate surface area is 249 Å². The van der Waals surface area contributed by atoms with E-state index in [0.717, 1.165) is 0 Å². The number of rotatable bonds is 8. The zero-order valence-corrected chi connectivity index (χ0v) is 22.6. The molecule has 0 atom stereocenters. The molecule has 0 aliphatic heterocycles. The lowest BCUT2D eigenvalue weighted by atomic mass is 9.81. The molecule has 0 bridgehead atoms. The number of carboxylic acid groups (broad SMARTS) is 4. The Morgan fingerprint density at radius 2 is 0.500 bits per heavy atom. The van der Waals surface area contributed by atoms with E-state index in [2.05, 4.69) is 0 Å². The molecule has 0 saturated heterocycles. The molecule has 0 aromatic heterocycles. The maximum atomic E-state index is 11.6. The van der Waals surface area contributed by atoms with Gasteiger partial charge in [0.2, 0.25) is 0 Å². The average Bonchev–Trinajstić information content (AvgIpc) is 3.02. The van der Waals surface area contributed by atoms with Crippen LogP contribution in [0.15, 0.2) is 97.1 Å². The molecule has 0 spiro atoms. The van der Waals surface area contributed by atoms with Crippen LogP contribution in [0.3, 0.4) is 0 Å². The summed E-state index contributed by atoms with van der Waals surface area (Å²) in [5.41, 5.74) is 2.16. The van der Waals surface area contributed by atoms with Crippen LogP contribution in [0.5, 0.6) is 11.5 Å². The first kappa shape index (κ1) is 29.1. The van der Waals surface area contributed by atoms with Gasteiger partial charge >= 0.3 is 23.9 Å². The molecular weight excluding hydrogens is 568 g/mol. The van der Waals surface area contributed by atoms with E-state index in [1.807, 2.05) is 0 Å². The molecule has 0 saturated carbocycles. The normalized spacial score (nSPS) is 10.7. The lowest BCUT2D eigenvalue weighted by Crippen LogP contribution is -2.00. The van der Waals surface area contributed by atoms with E-state index in [1.165, 1.54) is 97.1 Å². The van der Waals surface area contributed by atoms with Crippen LogP contribution < -0.4 is 0 Å². The zero-order chi connectivity index (χ0) is 31.7. The van der Waals surface area contributed by atoms with Crippen LogP contribution in [0.25, 0.3) is 44.5 Å². The predicted molar refractivity (Wildman–Crippen MR) is 159 cm³/mol. The van der Waals surface area contributed by atoms with E-state index in [1.54, 1.807) is 0 Å². The third-order valence-corrected chi connectivity index (χ3v) is 7.13. The van der Waals surface area contributed by atoms with Gasteiger partial charge in [0.05, 0.1) is 22.3 Å². The van der Waals surface area contributed by atoms with Crippen molar-refractivity contribution in [3.05, 3.63) is 119 Å². The number of carboxylic acids is 4. The topological polar surface area (TPSA) is 190 Å². The molecule has 5 aromatic carbocycles. The summed E-state index contributed by atoms with van der Waals surface area (Å²) in [6.07, 6.45) is 0. The summed E-state index contributed by atoms with van der Waals surface area (Å²) in [6.45, 7) is 0. The van der Waals surface area contributed by atoms with Crippen molar-refractivity contribution in [3.63, 3.8) is 0 Å². The molecule has 0 aliphatic rings. The Morgan fingerprint density at radius 1 is 0.318 bits per heavy atom. The summed E-state index contributed by atoms with van der Waals surface area (Å²) in [6, 6.07) is 22.6. The minimum atomic E-state index is -1.17. The van der Waals surface area contributed by atoms with Crippen LogP contribution in [0.4, 0.5) is 0 Å². The second kappa shape index (κ2) is 11.5. The van der Waals surface area contributed by atoms with Gasteiger partial charge in [-0.1, -0.05) is 48.5 Å². The van der Waals surface area contributed by atoms with Crippen LogP contribution in [0.2, 0.25) is 0 Å². The van der Waals surface area contributed by atoms with Crippen molar-refractivity contribution in [2.24, 2.45) is 0 Å². The number of hydrogen-bond donors (Lipinski definition) is 6. The first-order valence-electron chi connectivity index (χ1n) is 12.9. The number of hydrogen-bond acceptors (Lipinski definition) is 6. The van der Waals surface area contributed by atoms with Gasteiger partial charge in [-0.3, -0.25) is 0 Å². The molecule has 6 N–H and O–H groups in total. The quantitative estimate of drug-likeness (QED) is 0.108. The van der Waals surface area contributed by atoms with Gasteiger partial charge in [-0.15, -0.1) is 0 Å². The Balaban J connectivity index is 1.94. The molecule has 0 fully saturated rings. The maximum Gasteiger partial charge on any atom is 0.335 e. The highest BCUT2D eigenvalue weighted by atomic mass is 16.4. The number of phenolic OH excluding ortho intramolecular Hbond substituents is 2. The molecule has 44 heavy (non-hydrogen) atoms. The summed E-state index contributed by atoms with van der Waals surface area (Å²) < 4.78 is 0. The van der Waals surface area contributed by atoms with Gasteiger partial charge in [0.1, 0.15) is 0 Å². The van der Waals surface area contributed by atoms with Crippen LogP contribution in [0.1, 0.15) is 41.4 Å². The molecule has 0 heterocycles. The van der Waals surface area contributed by atoms with E-state index < -0.39 is 35.4 Å². The molecule has 10 nitrogen and oxygen atoms in total. The average molecular weight is 591 g/mol. The molecular formula is C34H22O10. The van der Waals surface area contributed by atoms with Crippen molar-refractivity contribution >= 4 is 23.9 Å². The monoisotopic (exact) mass is 590 g/mol. The second-order valence-electron chi connectivity index (χ2n) is 9.73. The van der Waals surface area contributed by atoms with E-state index in [4.69, 9.17) is 0 Å². The minimum Gasteiger partial charge on any atom is -0.504 e. The summed E-state index contributed by atoms with van der Waals surface area (Å²) in [4.78, 5) is 46.2. The van der Waals surface area contributed by atoms with Crippen molar-refractivity contribution in [1.82, 2.24) is 0 Å². The van der Waals surface area contributed by atoms with Crippen molar-refractivity contribution in [2.45, 2.75) is 0 Å². The Bertz CT molecular complexity index is 1800. The van der Waals surface area contributed by atoms with E-state index >= 15 is 0 Å². The van der Waals surface area contributed by atoms with Crippen LogP contribution >= 0.6 is 0 Å². The van der Waals surface area contributed by atoms with Gasteiger partial charge in [-0.05, 0) is 70.8 Å².